The topological polar surface area (TPSA) is 38.0 Å². The Morgan fingerprint density at radius 2 is 1.77 bits per heavy atom. The lowest BCUT2D eigenvalue weighted by Gasteiger charge is -2.46. The number of rotatable bonds is 4. The van der Waals surface area contributed by atoms with Crippen LogP contribution in [-0.2, 0) is 6.42 Å². The molecule has 0 radical (unpaired) electrons. The highest BCUT2D eigenvalue weighted by molar-refractivity contribution is 5.61. The van der Waals surface area contributed by atoms with Gasteiger partial charge >= 0.3 is 0 Å². The first-order chi connectivity index (χ1) is 14.9. The average molecular weight is 421 g/mol. The van der Waals surface area contributed by atoms with Crippen LogP contribution < -0.4 is 0 Å². The Kier molecular flexibility index (Phi) is 5.01. The van der Waals surface area contributed by atoms with Crippen molar-refractivity contribution >= 4 is 6.08 Å². The number of aromatic nitrogens is 2. The molecule has 1 heterocycles. The Hall–Kier alpha value is -2.79. The van der Waals surface area contributed by atoms with E-state index in [9.17, 15) is 13.9 Å². The normalized spacial score (nSPS) is 23.6. The number of allylic oxidation sites excluding steroid dienone is 1. The second-order valence-electron chi connectivity index (χ2n) is 9.10. The molecule has 0 saturated heterocycles. The zero-order valence-electron chi connectivity index (χ0n) is 17.6. The summed E-state index contributed by atoms with van der Waals surface area (Å²) in [6, 6.07) is 12.6. The smallest absolute Gasteiger partial charge is 0.123 e. The zero-order chi connectivity index (χ0) is 21.6. The molecule has 2 aliphatic rings. The highest BCUT2D eigenvalue weighted by Crippen LogP contribution is 2.53. The molecular weight excluding hydrogens is 394 g/mol. The van der Waals surface area contributed by atoms with Crippen molar-refractivity contribution in [1.29, 1.82) is 0 Å². The van der Waals surface area contributed by atoms with Gasteiger partial charge in [-0.1, -0.05) is 24.6 Å². The number of halogens is 2. The molecule has 5 rings (SSSR count). The van der Waals surface area contributed by atoms with Crippen molar-refractivity contribution in [2.45, 2.75) is 45.1 Å². The van der Waals surface area contributed by atoms with Crippen molar-refractivity contribution in [3.8, 4) is 5.69 Å². The van der Waals surface area contributed by atoms with E-state index in [2.05, 4.69) is 18.1 Å². The van der Waals surface area contributed by atoms with Crippen molar-refractivity contribution in [2.75, 3.05) is 0 Å². The molecule has 3 atom stereocenters. The molecule has 2 aliphatic carbocycles. The summed E-state index contributed by atoms with van der Waals surface area (Å²) < 4.78 is 28.5. The maximum Gasteiger partial charge on any atom is 0.123 e. The van der Waals surface area contributed by atoms with Gasteiger partial charge in [0, 0.05) is 0 Å². The Morgan fingerprint density at radius 3 is 2.48 bits per heavy atom. The van der Waals surface area contributed by atoms with Crippen LogP contribution in [0.25, 0.3) is 11.8 Å². The maximum absolute atomic E-state index is 13.3. The fraction of sp³-hybridized carbons (Fsp3) is 0.346. The number of hydrogen-bond donors (Lipinski definition) is 1. The number of aliphatic hydroxyl groups is 1. The van der Waals surface area contributed by atoms with Gasteiger partial charge < -0.3 is 5.11 Å². The number of nitrogens with zero attached hydrogens (tertiary/aromatic N) is 2. The van der Waals surface area contributed by atoms with E-state index in [-0.39, 0.29) is 17.0 Å². The minimum Gasteiger partial charge on any atom is -0.388 e. The lowest BCUT2D eigenvalue weighted by atomic mass is 9.58. The van der Waals surface area contributed by atoms with Gasteiger partial charge in [-0.15, -0.1) is 0 Å². The van der Waals surface area contributed by atoms with Crippen molar-refractivity contribution in [3.63, 3.8) is 0 Å². The van der Waals surface area contributed by atoms with Crippen molar-refractivity contribution in [1.82, 2.24) is 9.78 Å². The van der Waals surface area contributed by atoms with E-state index in [4.69, 9.17) is 0 Å². The van der Waals surface area contributed by atoms with E-state index in [1.165, 1.54) is 35.4 Å². The highest BCUT2D eigenvalue weighted by atomic mass is 19.1. The van der Waals surface area contributed by atoms with Crippen LogP contribution >= 0.6 is 0 Å². The predicted molar refractivity (Wildman–Crippen MR) is 117 cm³/mol. The summed E-state index contributed by atoms with van der Waals surface area (Å²) in [6.07, 6.45) is 8.27. The van der Waals surface area contributed by atoms with Crippen LogP contribution in [0, 0.1) is 23.0 Å². The molecule has 1 saturated carbocycles. The second kappa shape index (κ2) is 7.72. The van der Waals surface area contributed by atoms with Gasteiger partial charge in [0.1, 0.15) is 11.6 Å². The van der Waals surface area contributed by atoms with Gasteiger partial charge in [0.25, 0.3) is 0 Å². The van der Waals surface area contributed by atoms with Crippen LogP contribution in [0.5, 0.6) is 0 Å². The van der Waals surface area contributed by atoms with E-state index >= 15 is 0 Å². The summed E-state index contributed by atoms with van der Waals surface area (Å²) >= 11 is 0. The SMILES string of the molecule is C[C@]12Cc3cnn(-c4ccc(F)cc4)c3C=C1CCC[C@@H]2C[C@H](O)c1ccc(F)cc1. The predicted octanol–water partition coefficient (Wildman–Crippen LogP) is 6.02. The molecule has 3 aromatic rings. The third kappa shape index (κ3) is 3.61. The largest absolute Gasteiger partial charge is 0.388 e. The zero-order valence-corrected chi connectivity index (χ0v) is 17.6. The van der Waals surface area contributed by atoms with Gasteiger partial charge in [-0.3, -0.25) is 0 Å². The molecule has 0 unspecified atom stereocenters. The van der Waals surface area contributed by atoms with E-state index in [1.807, 2.05) is 10.9 Å². The average Bonchev–Trinajstić information content (AvgIpc) is 3.16. The third-order valence-corrected chi connectivity index (χ3v) is 7.22. The van der Waals surface area contributed by atoms with Crippen LogP contribution in [0.3, 0.4) is 0 Å². The van der Waals surface area contributed by atoms with Gasteiger partial charge in [-0.25, -0.2) is 13.5 Å². The van der Waals surface area contributed by atoms with Crippen molar-refractivity contribution < 1.29 is 13.9 Å². The molecule has 3 nitrogen and oxygen atoms in total. The molecule has 1 aromatic heterocycles. The molecular formula is C26H26F2N2O. The molecule has 2 aromatic carbocycles. The van der Waals surface area contributed by atoms with Crippen LogP contribution in [0.15, 0.2) is 60.3 Å². The maximum atomic E-state index is 13.3. The summed E-state index contributed by atoms with van der Waals surface area (Å²) in [7, 11) is 0. The van der Waals surface area contributed by atoms with Gasteiger partial charge in [0.05, 0.1) is 23.7 Å². The van der Waals surface area contributed by atoms with Gasteiger partial charge in [-0.2, -0.15) is 5.10 Å². The number of hydrogen-bond acceptors (Lipinski definition) is 2. The molecule has 1 N–H and O–H groups in total. The molecule has 0 amide bonds. The van der Waals surface area contributed by atoms with Crippen LogP contribution in [0.2, 0.25) is 0 Å². The Balaban J connectivity index is 1.43. The number of fused-ring (bicyclic) bond motifs is 2. The summed E-state index contributed by atoms with van der Waals surface area (Å²) in [5.41, 5.74) is 5.22. The second-order valence-corrected chi connectivity index (χ2v) is 9.10. The van der Waals surface area contributed by atoms with E-state index in [0.29, 0.717) is 12.3 Å². The van der Waals surface area contributed by atoms with Crippen molar-refractivity contribution in [3.05, 3.63) is 88.8 Å². The number of aliphatic hydroxyl groups excluding tert-OH is 1. The fourth-order valence-electron chi connectivity index (χ4n) is 5.40. The quantitative estimate of drug-likeness (QED) is 0.560. The third-order valence-electron chi connectivity index (χ3n) is 7.22. The van der Waals surface area contributed by atoms with Gasteiger partial charge in [-0.05, 0) is 97.0 Å². The Labute approximate surface area is 181 Å². The fourth-order valence-corrected chi connectivity index (χ4v) is 5.40. The lowest BCUT2D eigenvalue weighted by molar-refractivity contribution is 0.0833. The number of benzene rings is 2. The molecule has 0 aliphatic heterocycles. The van der Waals surface area contributed by atoms with E-state index in [0.717, 1.165) is 42.6 Å². The van der Waals surface area contributed by atoms with Crippen LogP contribution in [0.4, 0.5) is 8.78 Å². The van der Waals surface area contributed by atoms with Crippen LogP contribution in [0.1, 0.15) is 55.5 Å². The Bertz CT molecular complexity index is 1120. The van der Waals surface area contributed by atoms with E-state index < -0.39 is 6.10 Å². The first-order valence-electron chi connectivity index (χ1n) is 10.9. The first kappa shape index (κ1) is 20.1. The molecule has 0 spiro atoms. The van der Waals surface area contributed by atoms with Gasteiger partial charge in [0.2, 0.25) is 0 Å². The van der Waals surface area contributed by atoms with Gasteiger partial charge in [0.15, 0.2) is 0 Å². The molecule has 0 bridgehead atoms. The lowest BCUT2D eigenvalue weighted by Crippen LogP contribution is -2.38. The summed E-state index contributed by atoms with van der Waals surface area (Å²) in [4.78, 5) is 0. The van der Waals surface area contributed by atoms with Crippen LogP contribution in [-0.4, -0.2) is 14.9 Å². The standard InChI is InChI=1S/C26H26F2N2O/c1-26-15-18-16-29-30(23-11-9-22(28)10-12-23)24(18)13-19(26)3-2-4-20(26)14-25(31)17-5-7-21(27)8-6-17/h5-13,16,20,25,31H,2-4,14-15H2,1H3/t20-,25+,26+/m1/s1. The summed E-state index contributed by atoms with van der Waals surface area (Å²) in [5.74, 6) is -0.218. The van der Waals surface area contributed by atoms with Crippen molar-refractivity contribution in [2.24, 2.45) is 11.3 Å². The monoisotopic (exact) mass is 420 g/mol. The summed E-state index contributed by atoms with van der Waals surface area (Å²) in [6.45, 7) is 2.30. The molecule has 5 heteroatoms. The Morgan fingerprint density at radius 1 is 1.10 bits per heavy atom. The summed E-state index contributed by atoms with van der Waals surface area (Å²) in [5, 5.41) is 15.4. The molecule has 1 fully saturated rings. The first-order valence-corrected chi connectivity index (χ1v) is 10.9. The highest BCUT2D eigenvalue weighted by Gasteiger charge is 2.43. The minimum atomic E-state index is -0.606. The minimum absolute atomic E-state index is 0.0388. The van der Waals surface area contributed by atoms with E-state index in [1.54, 1.807) is 24.3 Å². The molecule has 31 heavy (non-hydrogen) atoms. The molecule has 160 valence electrons.